The summed E-state index contributed by atoms with van der Waals surface area (Å²) in [6, 6.07) is 15.2. The number of esters is 1. The molecule has 1 aliphatic heterocycles. The Kier molecular flexibility index (Phi) is 8.51. The SMILES string of the molecule is CC(NP(=O)(OCC1OC(n2ccc(=O)[nH]c2=O)C2(CC2)C1O)Oc1ccc(Cl)cc1)C(=O)OCc1ccccc1. The molecule has 218 valence electrons. The van der Waals surface area contributed by atoms with Crippen molar-refractivity contribution in [2.24, 2.45) is 5.41 Å². The standard InChI is InChI=1S/C27H29ClN3O9P/c1-17(24(34)37-15-18-5-3-2-4-6-18)30-41(36,40-20-9-7-19(28)8-10-20)38-16-21-23(33)27(12-13-27)25(39-21)31-14-11-22(32)29-26(31)35/h2-11,14,17,21,23,25,33H,12-13,15-16H2,1H3,(H,30,36)(H,29,32,35). The summed E-state index contributed by atoms with van der Waals surface area (Å²) < 4.78 is 37.9. The molecule has 12 nitrogen and oxygen atoms in total. The molecule has 14 heteroatoms. The third-order valence-corrected chi connectivity index (χ3v) is 8.94. The molecule has 3 aromatic rings. The number of hydrogen-bond donors (Lipinski definition) is 3. The Morgan fingerprint density at radius 2 is 1.90 bits per heavy atom. The topological polar surface area (TPSA) is 158 Å². The zero-order valence-electron chi connectivity index (χ0n) is 22.0. The van der Waals surface area contributed by atoms with Gasteiger partial charge in [0.25, 0.3) is 5.56 Å². The zero-order valence-corrected chi connectivity index (χ0v) is 23.6. The van der Waals surface area contributed by atoms with E-state index in [4.69, 9.17) is 30.1 Å². The molecule has 2 aromatic carbocycles. The third-order valence-electron chi connectivity index (χ3n) is 7.05. The maximum absolute atomic E-state index is 13.9. The number of nitrogens with zero attached hydrogens (tertiary/aromatic N) is 1. The van der Waals surface area contributed by atoms with Gasteiger partial charge in [-0.15, -0.1) is 0 Å². The molecule has 41 heavy (non-hydrogen) atoms. The van der Waals surface area contributed by atoms with Crippen LogP contribution in [0.25, 0.3) is 0 Å². The quantitative estimate of drug-likeness (QED) is 0.219. The van der Waals surface area contributed by atoms with E-state index < -0.39 is 61.5 Å². The Bertz CT molecular complexity index is 1540. The lowest BCUT2D eigenvalue weighted by Gasteiger charge is -2.24. The molecule has 1 saturated heterocycles. The molecule has 1 spiro atoms. The van der Waals surface area contributed by atoms with Gasteiger partial charge in [-0.2, -0.15) is 5.09 Å². The number of aliphatic hydroxyl groups is 1. The van der Waals surface area contributed by atoms with Crippen molar-refractivity contribution < 1.29 is 33.0 Å². The van der Waals surface area contributed by atoms with Crippen LogP contribution in [-0.2, 0) is 30.0 Å². The molecule has 1 aliphatic carbocycles. The highest BCUT2D eigenvalue weighted by Gasteiger charge is 2.64. The number of nitrogens with one attached hydrogen (secondary N) is 2. The summed E-state index contributed by atoms with van der Waals surface area (Å²) in [7, 11) is -4.27. The molecule has 2 heterocycles. The zero-order chi connectivity index (χ0) is 29.2. The number of ether oxygens (including phenoxy) is 2. The molecular weight excluding hydrogens is 577 g/mol. The average Bonchev–Trinajstić information content (AvgIpc) is 3.71. The first kappa shape index (κ1) is 29.2. The van der Waals surface area contributed by atoms with Gasteiger partial charge in [-0.25, -0.2) is 9.36 Å². The number of carbonyl (C=O) groups is 1. The first-order chi connectivity index (χ1) is 19.6. The Labute approximate surface area is 239 Å². The molecule has 3 N–H and O–H groups in total. The van der Waals surface area contributed by atoms with Crippen LogP contribution in [0.1, 0.15) is 31.6 Å². The molecule has 1 aromatic heterocycles. The number of halogens is 1. The van der Waals surface area contributed by atoms with Crippen LogP contribution in [0.3, 0.4) is 0 Å². The number of aromatic amines is 1. The molecule has 2 aliphatic rings. The van der Waals surface area contributed by atoms with Crippen LogP contribution in [0.5, 0.6) is 5.75 Å². The second-order valence-electron chi connectivity index (χ2n) is 10.0. The van der Waals surface area contributed by atoms with Crippen LogP contribution < -0.4 is 20.9 Å². The first-order valence-corrected chi connectivity index (χ1v) is 14.8. The minimum atomic E-state index is -4.27. The van der Waals surface area contributed by atoms with Crippen molar-refractivity contribution >= 4 is 25.3 Å². The van der Waals surface area contributed by atoms with E-state index in [1.165, 1.54) is 48.0 Å². The van der Waals surface area contributed by atoms with Crippen molar-refractivity contribution in [1.82, 2.24) is 14.6 Å². The lowest BCUT2D eigenvalue weighted by atomic mass is 9.96. The third kappa shape index (κ3) is 6.64. The van der Waals surface area contributed by atoms with E-state index in [0.29, 0.717) is 17.9 Å². The fraction of sp³-hybridized carbons (Fsp3) is 0.370. The van der Waals surface area contributed by atoms with Gasteiger partial charge in [0.2, 0.25) is 0 Å². The van der Waals surface area contributed by atoms with Gasteiger partial charge in [0.15, 0.2) is 0 Å². The van der Waals surface area contributed by atoms with Gasteiger partial charge in [-0.3, -0.25) is 23.7 Å². The predicted molar refractivity (Wildman–Crippen MR) is 147 cm³/mol. The molecule has 0 radical (unpaired) electrons. The Balaban J connectivity index is 1.30. The maximum atomic E-state index is 13.9. The van der Waals surface area contributed by atoms with E-state index in [0.717, 1.165) is 5.56 Å². The Morgan fingerprint density at radius 1 is 1.20 bits per heavy atom. The Morgan fingerprint density at radius 3 is 2.56 bits per heavy atom. The summed E-state index contributed by atoms with van der Waals surface area (Å²) in [5.41, 5.74) is -1.22. The van der Waals surface area contributed by atoms with Gasteiger partial charge in [-0.05, 0) is 49.6 Å². The van der Waals surface area contributed by atoms with Gasteiger partial charge >= 0.3 is 19.4 Å². The van der Waals surface area contributed by atoms with E-state index in [9.17, 15) is 24.1 Å². The summed E-state index contributed by atoms with van der Waals surface area (Å²) in [6.07, 6.45) is -0.480. The molecule has 5 unspecified atom stereocenters. The van der Waals surface area contributed by atoms with Gasteiger partial charge in [0.1, 0.15) is 30.7 Å². The number of aliphatic hydroxyl groups excluding tert-OH is 1. The molecule has 2 fully saturated rings. The number of hydrogen-bond acceptors (Lipinski definition) is 9. The van der Waals surface area contributed by atoms with Crippen LogP contribution in [0.2, 0.25) is 5.02 Å². The highest BCUT2D eigenvalue weighted by atomic mass is 35.5. The van der Waals surface area contributed by atoms with E-state index >= 15 is 0 Å². The second-order valence-corrected chi connectivity index (χ2v) is 12.1. The van der Waals surface area contributed by atoms with Crippen LogP contribution >= 0.6 is 19.3 Å². The normalized spacial score (nSPS) is 23.0. The summed E-state index contributed by atoms with van der Waals surface area (Å²) in [6.45, 7) is 1.07. The van der Waals surface area contributed by atoms with Crippen LogP contribution in [0.4, 0.5) is 0 Å². The van der Waals surface area contributed by atoms with Crippen molar-refractivity contribution in [2.45, 2.75) is 50.8 Å². The Hall–Kier alpha value is -3.25. The van der Waals surface area contributed by atoms with E-state index in [-0.39, 0.29) is 12.4 Å². The minimum Gasteiger partial charge on any atom is -0.460 e. The second kappa shape index (κ2) is 11.9. The van der Waals surface area contributed by atoms with E-state index in [1.807, 2.05) is 18.2 Å². The molecule has 0 amide bonds. The molecule has 1 saturated carbocycles. The van der Waals surface area contributed by atoms with Gasteiger partial charge < -0.3 is 19.1 Å². The number of aromatic nitrogens is 2. The smallest absolute Gasteiger partial charge is 0.459 e. The van der Waals surface area contributed by atoms with E-state index in [1.54, 1.807) is 12.1 Å². The van der Waals surface area contributed by atoms with Gasteiger partial charge in [0, 0.05) is 22.7 Å². The number of rotatable bonds is 11. The minimum absolute atomic E-state index is 0.0184. The van der Waals surface area contributed by atoms with Gasteiger partial charge in [0.05, 0.1) is 12.7 Å². The van der Waals surface area contributed by atoms with Gasteiger partial charge in [-0.1, -0.05) is 41.9 Å². The van der Waals surface area contributed by atoms with Crippen LogP contribution in [0.15, 0.2) is 76.4 Å². The number of benzene rings is 2. The highest BCUT2D eigenvalue weighted by molar-refractivity contribution is 7.52. The van der Waals surface area contributed by atoms with Crippen molar-refractivity contribution in [3.05, 3.63) is 98.3 Å². The number of H-pyrrole nitrogens is 1. The lowest BCUT2D eigenvalue weighted by molar-refractivity contribution is -0.146. The first-order valence-electron chi connectivity index (χ1n) is 12.9. The molecule has 5 atom stereocenters. The summed E-state index contributed by atoms with van der Waals surface area (Å²) in [4.78, 5) is 38.8. The summed E-state index contributed by atoms with van der Waals surface area (Å²) >= 11 is 5.95. The monoisotopic (exact) mass is 605 g/mol. The lowest BCUT2D eigenvalue weighted by Crippen LogP contribution is -2.37. The summed E-state index contributed by atoms with van der Waals surface area (Å²) in [5, 5.41) is 14.1. The van der Waals surface area contributed by atoms with Crippen LogP contribution in [0, 0.1) is 5.41 Å². The highest BCUT2D eigenvalue weighted by Crippen LogP contribution is 2.62. The fourth-order valence-electron chi connectivity index (χ4n) is 4.70. The van der Waals surface area contributed by atoms with E-state index in [2.05, 4.69) is 10.1 Å². The molecule has 5 rings (SSSR count). The number of carbonyl (C=O) groups excluding carboxylic acids is 1. The van der Waals surface area contributed by atoms with Crippen molar-refractivity contribution in [3.63, 3.8) is 0 Å². The summed E-state index contributed by atoms with van der Waals surface area (Å²) in [5.74, 6) is -0.539. The fourth-order valence-corrected chi connectivity index (χ4v) is 6.33. The van der Waals surface area contributed by atoms with Crippen molar-refractivity contribution in [2.75, 3.05) is 6.61 Å². The molecule has 0 bridgehead atoms. The maximum Gasteiger partial charge on any atom is 0.459 e. The van der Waals surface area contributed by atoms with Crippen molar-refractivity contribution in [1.29, 1.82) is 0 Å². The van der Waals surface area contributed by atoms with Crippen LogP contribution in [-0.4, -0.2) is 45.5 Å². The molecular formula is C27H29ClN3O9P. The average molecular weight is 606 g/mol. The predicted octanol–water partition coefficient (Wildman–Crippen LogP) is 3.15. The van der Waals surface area contributed by atoms with Crippen molar-refractivity contribution in [3.8, 4) is 5.75 Å². The largest absolute Gasteiger partial charge is 0.460 e.